The molecule has 4 rings (SSSR count). The highest BCUT2D eigenvalue weighted by atomic mass is 32.2. The molecular formula is C21H22N2O5S. The maximum absolute atomic E-state index is 13.4. The van der Waals surface area contributed by atoms with E-state index in [1.807, 2.05) is 31.2 Å². The second-order valence-electron chi connectivity index (χ2n) is 6.99. The first-order chi connectivity index (χ1) is 14.0. The third kappa shape index (κ3) is 3.98. The van der Waals surface area contributed by atoms with Crippen LogP contribution in [0.25, 0.3) is 0 Å². The van der Waals surface area contributed by atoms with Crippen LogP contribution in [-0.4, -0.2) is 51.3 Å². The molecule has 2 aromatic rings. The van der Waals surface area contributed by atoms with Gasteiger partial charge in [0, 0.05) is 5.56 Å². The highest BCUT2D eigenvalue weighted by Crippen LogP contribution is 2.35. The average Bonchev–Trinajstić information content (AvgIpc) is 3.38. The molecule has 2 atom stereocenters. The number of benzene rings is 2. The molecule has 0 aromatic heterocycles. The number of methoxy groups -OCH3 is 1. The molecule has 0 saturated carbocycles. The van der Waals surface area contributed by atoms with Gasteiger partial charge in [-0.05, 0) is 36.8 Å². The molecule has 2 aliphatic heterocycles. The number of aryl methyl sites for hydroxylation is 1. The summed E-state index contributed by atoms with van der Waals surface area (Å²) in [6.07, 6.45) is -0.736. The number of aliphatic imine (C=N–C) groups is 1. The van der Waals surface area contributed by atoms with Gasteiger partial charge >= 0.3 is 0 Å². The van der Waals surface area contributed by atoms with Gasteiger partial charge in [0.15, 0.2) is 27.1 Å². The van der Waals surface area contributed by atoms with Gasteiger partial charge in [-0.2, -0.15) is 0 Å². The largest absolute Gasteiger partial charge is 0.497 e. The summed E-state index contributed by atoms with van der Waals surface area (Å²) >= 11 is 0. The maximum Gasteiger partial charge on any atom is 0.198 e. The number of hydrogen-bond donors (Lipinski definition) is 0. The first kappa shape index (κ1) is 19.4. The van der Waals surface area contributed by atoms with E-state index in [-0.39, 0.29) is 11.7 Å². The normalized spacial score (nSPS) is 21.2. The topological polar surface area (TPSA) is 86.6 Å². The van der Waals surface area contributed by atoms with E-state index in [0.29, 0.717) is 30.2 Å². The molecule has 0 saturated heterocycles. The number of hydrogen-bond acceptors (Lipinski definition) is 7. The molecule has 0 aliphatic carbocycles. The quantitative estimate of drug-likeness (QED) is 0.725. The minimum absolute atomic E-state index is 0.244. The molecule has 0 radical (unpaired) electrons. The third-order valence-corrected chi connectivity index (χ3v) is 6.85. The van der Waals surface area contributed by atoms with Gasteiger partial charge in [-0.3, -0.25) is 4.99 Å². The Morgan fingerprint density at radius 3 is 2.45 bits per heavy atom. The van der Waals surface area contributed by atoms with E-state index < -0.39 is 21.2 Å². The lowest BCUT2D eigenvalue weighted by molar-refractivity contribution is 0.0871. The summed E-state index contributed by atoms with van der Waals surface area (Å²) in [6, 6.07) is 14.7. The van der Waals surface area contributed by atoms with Crippen LogP contribution in [0.3, 0.4) is 0 Å². The summed E-state index contributed by atoms with van der Waals surface area (Å²) < 4.78 is 37.3. The van der Waals surface area contributed by atoms with Crippen molar-refractivity contribution in [2.24, 2.45) is 10.1 Å². The minimum Gasteiger partial charge on any atom is -0.497 e. The Bertz CT molecular complexity index is 1040. The number of rotatable bonds is 6. The fourth-order valence-corrected chi connectivity index (χ4v) is 5.22. The SMILES string of the molecule is COc1ccc(C2=NOC(c3ccc(C)cc3)C2S(=O)(=O)CC2=NCCO2)cc1. The first-order valence-corrected chi connectivity index (χ1v) is 11.0. The minimum atomic E-state index is -3.71. The van der Waals surface area contributed by atoms with E-state index in [4.69, 9.17) is 14.3 Å². The van der Waals surface area contributed by atoms with Gasteiger partial charge in [-0.25, -0.2) is 8.42 Å². The van der Waals surface area contributed by atoms with Gasteiger partial charge in [0.1, 0.15) is 23.8 Å². The van der Waals surface area contributed by atoms with Crippen molar-refractivity contribution in [3.05, 3.63) is 65.2 Å². The number of sulfone groups is 1. The Morgan fingerprint density at radius 1 is 1.10 bits per heavy atom. The average molecular weight is 414 g/mol. The van der Waals surface area contributed by atoms with E-state index in [9.17, 15) is 8.42 Å². The predicted octanol–water partition coefficient (Wildman–Crippen LogP) is 2.69. The van der Waals surface area contributed by atoms with Gasteiger partial charge in [0.2, 0.25) is 0 Å². The van der Waals surface area contributed by atoms with E-state index in [1.165, 1.54) is 0 Å². The summed E-state index contributed by atoms with van der Waals surface area (Å²) in [5.74, 6) is 0.642. The molecule has 2 unspecified atom stereocenters. The van der Waals surface area contributed by atoms with E-state index in [0.717, 1.165) is 11.1 Å². The van der Waals surface area contributed by atoms with Crippen molar-refractivity contribution >= 4 is 21.4 Å². The van der Waals surface area contributed by atoms with Crippen LogP contribution in [-0.2, 0) is 19.4 Å². The molecule has 2 aromatic carbocycles. The molecule has 0 fully saturated rings. The number of oxime groups is 1. The van der Waals surface area contributed by atoms with Crippen molar-refractivity contribution < 1.29 is 22.7 Å². The summed E-state index contributed by atoms with van der Waals surface area (Å²) in [5, 5.41) is 3.21. The third-order valence-electron chi connectivity index (χ3n) is 4.96. The van der Waals surface area contributed by atoms with Crippen LogP contribution >= 0.6 is 0 Å². The van der Waals surface area contributed by atoms with Crippen LogP contribution in [0.4, 0.5) is 0 Å². The Hall–Kier alpha value is -2.87. The number of ether oxygens (including phenoxy) is 2. The van der Waals surface area contributed by atoms with Crippen LogP contribution < -0.4 is 4.74 Å². The Labute approximate surface area is 169 Å². The standard InChI is InChI=1S/C21H22N2O5S/c1-14-3-5-16(6-4-14)20-21(29(24,25)13-18-22-11-12-27-18)19(23-28-20)15-7-9-17(26-2)10-8-15/h3-10,20-21H,11-13H2,1-2H3. The lowest BCUT2D eigenvalue weighted by atomic mass is 9.99. The second kappa shape index (κ2) is 7.87. The predicted molar refractivity (Wildman–Crippen MR) is 110 cm³/mol. The highest BCUT2D eigenvalue weighted by molar-refractivity contribution is 7.93. The van der Waals surface area contributed by atoms with E-state index >= 15 is 0 Å². The molecule has 0 spiro atoms. The van der Waals surface area contributed by atoms with Gasteiger partial charge in [-0.1, -0.05) is 35.0 Å². The molecule has 2 aliphatic rings. The van der Waals surface area contributed by atoms with Gasteiger partial charge in [-0.15, -0.1) is 0 Å². The van der Waals surface area contributed by atoms with Gasteiger partial charge in [0.05, 0.1) is 13.7 Å². The highest BCUT2D eigenvalue weighted by Gasteiger charge is 2.46. The van der Waals surface area contributed by atoms with Crippen LogP contribution in [0.5, 0.6) is 5.75 Å². The fourth-order valence-electron chi connectivity index (χ4n) is 3.42. The Kier molecular flexibility index (Phi) is 5.27. The molecule has 2 heterocycles. The molecule has 152 valence electrons. The zero-order valence-electron chi connectivity index (χ0n) is 16.2. The monoisotopic (exact) mass is 414 g/mol. The number of nitrogens with zero attached hydrogens (tertiary/aromatic N) is 2. The second-order valence-corrected chi connectivity index (χ2v) is 9.12. The molecule has 0 N–H and O–H groups in total. The molecule has 0 amide bonds. The van der Waals surface area contributed by atoms with Crippen LogP contribution in [0.2, 0.25) is 0 Å². The maximum atomic E-state index is 13.4. The summed E-state index contributed by atoms with van der Waals surface area (Å²) in [5.41, 5.74) is 2.88. The van der Waals surface area contributed by atoms with Crippen LogP contribution in [0.1, 0.15) is 22.8 Å². The van der Waals surface area contributed by atoms with E-state index in [1.54, 1.807) is 31.4 Å². The molecule has 7 nitrogen and oxygen atoms in total. The Morgan fingerprint density at radius 2 is 1.83 bits per heavy atom. The first-order valence-electron chi connectivity index (χ1n) is 9.30. The van der Waals surface area contributed by atoms with Gasteiger partial charge in [0.25, 0.3) is 0 Å². The van der Waals surface area contributed by atoms with Crippen molar-refractivity contribution in [2.45, 2.75) is 18.3 Å². The zero-order chi connectivity index (χ0) is 20.4. The van der Waals surface area contributed by atoms with Gasteiger partial charge < -0.3 is 14.3 Å². The van der Waals surface area contributed by atoms with Crippen molar-refractivity contribution in [3.8, 4) is 5.75 Å². The van der Waals surface area contributed by atoms with Crippen molar-refractivity contribution in [1.29, 1.82) is 0 Å². The molecule has 0 bridgehead atoms. The van der Waals surface area contributed by atoms with Crippen molar-refractivity contribution in [1.82, 2.24) is 0 Å². The van der Waals surface area contributed by atoms with Crippen LogP contribution in [0.15, 0.2) is 58.7 Å². The summed E-state index contributed by atoms with van der Waals surface area (Å²) in [4.78, 5) is 9.80. The summed E-state index contributed by atoms with van der Waals surface area (Å²) in [6.45, 7) is 2.86. The van der Waals surface area contributed by atoms with Crippen LogP contribution in [0, 0.1) is 6.92 Å². The zero-order valence-corrected chi connectivity index (χ0v) is 17.1. The van der Waals surface area contributed by atoms with Crippen molar-refractivity contribution in [2.75, 3.05) is 26.0 Å². The lowest BCUT2D eigenvalue weighted by Gasteiger charge is -2.20. The lowest BCUT2D eigenvalue weighted by Crippen LogP contribution is -2.37. The Balaban J connectivity index is 1.72. The summed E-state index contributed by atoms with van der Waals surface area (Å²) in [7, 11) is -2.13. The van der Waals surface area contributed by atoms with E-state index in [2.05, 4.69) is 10.1 Å². The molecule has 8 heteroatoms. The fraction of sp³-hybridized carbons (Fsp3) is 0.333. The smallest absolute Gasteiger partial charge is 0.198 e. The van der Waals surface area contributed by atoms with Crippen molar-refractivity contribution in [3.63, 3.8) is 0 Å². The molecular weight excluding hydrogens is 392 g/mol. The molecule has 29 heavy (non-hydrogen) atoms.